The van der Waals surface area contributed by atoms with Gasteiger partial charge in [-0.2, -0.15) is 0 Å². The molecule has 0 fully saturated rings. The van der Waals surface area contributed by atoms with Gasteiger partial charge in [-0.1, -0.05) is 44.4 Å². The first-order valence-electron chi connectivity index (χ1n) is 9.28. The molecule has 0 spiro atoms. The van der Waals surface area contributed by atoms with Crippen molar-refractivity contribution in [2.75, 3.05) is 5.32 Å². The maximum absolute atomic E-state index is 5.40. The first-order chi connectivity index (χ1) is 13.3. The molecule has 0 bridgehead atoms. The molecule has 28 heavy (non-hydrogen) atoms. The Balaban J connectivity index is 2.01. The van der Waals surface area contributed by atoms with Crippen molar-refractivity contribution in [1.29, 1.82) is 0 Å². The lowest BCUT2D eigenvalue weighted by Gasteiger charge is -2.18. The third-order valence-corrected chi connectivity index (χ3v) is 4.75. The van der Waals surface area contributed by atoms with Gasteiger partial charge in [0.05, 0.1) is 5.70 Å². The van der Waals surface area contributed by atoms with Gasteiger partial charge >= 0.3 is 0 Å². The van der Waals surface area contributed by atoms with Gasteiger partial charge in [0.2, 0.25) is 0 Å². The number of allylic oxidation sites excluding steroid dienone is 3. The van der Waals surface area contributed by atoms with Gasteiger partial charge in [-0.3, -0.25) is 4.99 Å². The van der Waals surface area contributed by atoms with Crippen LogP contribution in [0.1, 0.15) is 31.4 Å². The Labute approximate surface area is 173 Å². The van der Waals surface area contributed by atoms with E-state index in [0.29, 0.717) is 16.9 Å². The van der Waals surface area contributed by atoms with Gasteiger partial charge in [-0.05, 0) is 73.7 Å². The first kappa shape index (κ1) is 21.5. The van der Waals surface area contributed by atoms with Crippen molar-refractivity contribution in [2.24, 2.45) is 15.9 Å². The molecule has 5 heteroatoms. The van der Waals surface area contributed by atoms with E-state index in [2.05, 4.69) is 52.9 Å². The first-order valence-corrected chi connectivity index (χ1v) is 9.69. The topological polar surface area (TPSA) is 48.8 Å². The summed E-state index contributed by atoms with van der Waals surface area (Å²) in [6, 6.07) is 6.12. The molecule has 0 saturated carbocycles. The zero-order valence-corrected chi connectivity index (χ0v) is 17.9. The number of aliphatic imine (C=N–C) groups is 2. The molecule has 0 aliphatic heterocycles. The van der Waals surface area contributed by atoms with Crippen molar-refractivity contribution in [2.45, 2.75) is 34.1 Å². The number of aryl methyl sites for hydroxylation is 2. The summed E-state index contributed by atoms with van der Waals surface area (Å²) in [6.07, 6.45) is 8.75. The molecule has 1 aromatic carbocycles. The second-order valence-electron chi connectivity index (χ2n) is 6.83. The minimum atomic E-state index is 0.374. The van der Waals surface area contributed by atoms with Crippen LogP contribution in [0.2, 0.25) is 0 Å². The Bertz CT molecular complexity index is 883. The fourth-order valence-corrected chi connectivity index (χ4v) is 3.11. The van der Waals surface area contributed by atoms with Crippen LogP contribution < -0.4 is 10.6 Å². The molecule has 146 valence electrons. The molecule has 2 rings (SSSR count). The average molecular weight is 393 g/mol. The molecule has 0 saturated heterocycles. The van der Waals surface area contributed by atoms with Crippen LogP contribution in [0.4, 0.5) is 5.69 Å². The highest BCUT2D eigenvalue weighted by molar-refractivity contribution is 7.80. The molecule has 1 aliphatic rings. The lowest BCUT2D eigenvalue weighted by atomic mass is 9.89. The zero-order valence-electron chi connectivity index (χ0n) is 17.0. The standard InChI is InChI=1S/C23H28N4S/c1-7-24-18(5)20-12-11-15(2)21(13-20)14-25-19(6)26-23(28)27-22-16(3)9-8-10-17(22)4/h7-10,12-15H,5-6,11H2,1-4H3,(H2,26,27,28). The van der Waals surface area contributed by atoms with Crippen LogP contribution in [0.5, 0.6) is 0 Å². The van der Waals surface area contributed by atoms with E-state index in [-0.39, 0.29) is 0 Å². The van der Waals surface area contributed by atoms with E-state index < -0.39 is 0 Å². The van der Waals surface area contributed by atoms with Gasteiger partial charge in [-0.15, -0.1) is 0 Å². The van der Waals surface area contributed by atoms with Crippen LogP contribution in [0.25, 0.3) is 0 Å². The molecule has 0 amide bonds. The summed E-state index contributed by atoms with van der Waals surface area (Å²) in [7, 11) is 0. The highest BCUT2D eigenvalue weighted by Crippen LogP contribution is 2.26. The molecular weight excluding hydrogens is 364 g/mol. The smallest absolute Gasteiger partial charge is 0.176 e. The van der Waals surface area contributed by atoms with Gasteiger partial charge in [0.15, 0.2) is 5.11 Å². The van der Waals surface area contributed by atoms with Crippen LogP contribution in [-0.4, -0.2) is 17.5 Å². The van der Waals surface area contributed by atoms with Gasteiger partial charge in [0.25, 0.3) is 0 Å². The number of hydrogen-bond acceptors (Lipinski definition) is 3. The normalized spacial score (nSPS) is 16.6. The number of benzene rings is 1. The Morgan fingerprint density at radius 3 is 2.54 bits per heavy atom. The van der Waals surface area contributed by atoms with Gasteiger partial charge in [-0.25, -0.2) is 4.99 Å². The SMILES string of the molecule is C=C(N=CC1=CC(C(=C)N=CC)=CCC1C)NC(=S)Nc1c(C)cccc1C. The van der Waals surface area contributed by atoms with E-state index in [4.69, 9.17) is 12.2 Å². The quantitative estimate of drug-likeness (QED) is 0.487. The molecule has 1 aliphatic carbocycles. The second-order valence-corrected chi connectivity index (χ2v) is 7.23. The van der Waals surface area contributed by atoms with Crippen LogP contribution in [0.15, 0.2) is 76.2 Å². The molecule has 2 N–H and O–H groups in total. The van der Waals surface area contributed by atoms with Crippen LogP contribution in [0.3, 0.4) is 0 Å². The van der Waals surface area contributed by atoms with Crippen molar-refractivity contribution in [3.05, 3.63) is 77.3 Å². The maximum atomic E-state index is 5.40. The minimum Gasteiger partial charge on any atom is -0.332 e. The predicted molar refractivity (Wildman–Crippen MR) is 126 cm³/mol. The van der Waals surface area contributed by atoms with Gasteiger partial charge < -0.3 is 10.6 Å². The number of para-hydroxylation sites is 1. The summed E-state index contributed by atoms with van der Waals surface area (Å²) in [5, 5.41) is 6.73. The average Bonchev–Trinajstić information content (AvgIpc) is 2.64. The van der Waals surface area contributed by atoms with Crippen LogP contribution >= 0.6 is 12.2 Å². The van der Waals surface area contributed by atoms with Crippen molar-refractivity contribution in [3.8, 4) is 0 Å². The largest absolute Gasteiger partial charge is 0.332 e. The van der Waals surface area contributed by atoms with Crippen molar-refractivity contribution in [3.63, 3.8) is 0 Å². The summed E-state index contributed by atoms with van der Waals surface area (Å²) in [4.78, 5) is 8.71. The maximum Gasteiger partial charge on any atom is 0.176 e. The van der Waals surface area contributed by atoms with Gasteiger partial charge in [0.1, 0.15) is 5.82 Å². The summed E-state index contributed by atoms with van der Waals surface area (Å²) >= 11 is 5.40. The molecule has 0 heterocycles. The number of rotatable bonds is 6. The van der Waals surface area contributed by atoms with E-state index in [1.165, 1.54) is 0 Å². The van der Waals surface area contributed by atoms with E-state index in [1.54, 1.807) is 6.21 Å². The third kappa shape index (κ3) is 5.86. The van der Waals surface area contributed by atoms with E-state index >= 15 is 0 Å². The van der Waals surface area contributed by atoms with E-state index in [0.717, 1.165) is 40.1 Å². The predicted octanol–water partition coefficient (Wildman–Crippen LogP) is 5.63. The summed E-state index contributed by atoms with van der Waals surface area (Å²) in [5.41, 5.74) is 6.17. The fraction of sp³-hybridized carbons (Fsp3) is 0.261. The van der Waals surface area contributed by atoms with E-state index in [1.807, 2.05) is 45.2 Å². The Kier molecular flexibility index (Phi) is 7.64. The van der Waals surface area contributed by atoms with Crippen molar-refractivity contribution >= 4 is 35.4 Å². The molecule has 0 aromatic heterocycles. The third-order valence-electron chi connectivity index (χ3n) is 4.55. The van der Waals surface area contributed by atoms with E-state index in [9.17, 15) is 0 Å². The lowest BCUT2D eigenvalue weighted by molar-refractivity contribution is 0.711. The number of hydrogen-bond donors (Lipinski definition) is 2. The second kappa shape index (κ2) is 9.95. The summed E-state index contributed by atoms with van der Waals surface area (Å²) in [5.74, 6) is 0.858. The lowest BCUT2D eigenvalue weighted by Crippen LogP contribution is -2.27. The Hall–Kier alpha value is -2.79. The summed E-state index contributed by atoms with van der Waals surface area (Å²) < 4.78 is 0. The molecule has 0 radical (unpaired) electrons. The molecule has 1 unspecified atom stereocenters. The molecule has 1 atom stereocenters. The Morgan fingerprint density at radius 1 is 1.21 bits per heavy atom. The van der Waals surface area contributed by atoms with Crippen molar-refractivity contribution in [1.82, 2.24) is 5.32 Å². The number of nitrogens with one attached hydrogen (secondary N) is 2. The van der Waals surface area contributed by atoms with Crippen LogP contribution in [0, 0.1) is 19.8 Å². The summed E-state index contributed by atoms with van der Waals surface area (Å²) in [6.45, 7) is 16.1. The molecular formula is C23H28N4S. The monoisotopic (exact) mass is 392 g/mol. The number of nitrogens with zero attached hydrogens (tertiary/aromatic N) is 2. The Morgan fingerprint density at radius 2 is 1.89 bits per heavy atom. The number of anilines is 1. The minimum absolute atomic E-state index is 0.374. The molecule has 4 nitrogen and oxygen atoms in total. The van der Waals surface area contributed by atoms with Crippen molar-refractivity contribution < 1.29 is 0 Å². The zero-order chi connectivity index (χ0) is 20.7. The van der Waals surface area contributed by atoms with Gasteiger partial charge in [0, 0.05) is 18.1 Å². The van der Waals surface area contributed by atoms with Crippen LogP contribution in [-0.2, 0) is 0 Å². The highest BCUT2D eigenvalue weighted by Gasteiger charge is 2.13. The highest BCUT2D eigenvalue weighted by atomic mass is 32.1. The molecule has 1 aromatic rings. The fourth-order valence-electron chi connectivity index (χ4n) is 2.89. The number of thiocarbonyl (C=S) groups is 1.